The Bertz CT molecular complexity index is 516. The molecule has 0 spiro atoms. The fourth-order valence-electron chi connectivity index (χ4n) is 1.91. The van der Waals surface area contributed by atoms with Gasteiger partial charge in [-0.3, -0.25) is 9.59 Å². The van der Waals surface area contributed by atoms with E-state index in [9.17, 15) is 14.7 Å². The summed E-state index contributed by atoms with van der Waals surface area (Å²) in [5.74, 6) is -0.422. The van der Waals surface area contributed by atoms with E-state index in [2.05, 4.69) is 5.32 Å². The van der Waals surface area contributed by atoms with E-state index in [1.165, 1.54) is 0 Å². The summed E-state index contributed by atoms with van der Waals surface area (Å²) in [6.07, 6.45) is -0.0366. The predicted molar refractivity (Wildman–Crippen MR) is 86.7 cm³/mol. The summed E-state index contributed by atoms with van der Waals surface area (Å²) >= 11 is 1.64. The Morgan fingerprint density at radius 2 is 1.95 bits per heavy atom. The van der Waals surface area contributed by atoms with Gasteiger partial charge in [-0.25, -0.2) is 0 Å². The van der Waals surface area contributed by atoms with Crippen molar-refractivity contribution in [3.63, 3.8) is 0 Å². The second kappa shape index (κ2) is 7.50. The number of benzene rings is 1. The van der Waals surface area contributed by atoms with Crippen LogP contribution in [0.5, 0.6) is 0 Å². The van der Waals surface area contributed by atoms with Crippen molar-refractivity contribution in [2.24, 2.45) is 11.3 Å². The third-order valence-corrected chi connectivity index (χ3v) is 4.71. The molecule has 116 valence electrons. The molecule has 0 aromatic heterocycles. The maximum atomic E-state index is 12.2. The summed E-state index contributed by atoms with van der Waals surface area (Å²) in [4.78, 5) is 24.6. The molecule has 21 heavy (non-hydrogen) atoms. The van der Waals surface area contributed by atoms with Crippen LogP contribution in [0, 0.1) is 11.3 Å². The number of carboxylic acids is 1. The maximum Gasteiger partial charge on any atom is 0.310 e. The maximum absolute atomic E-state index is 12.2. The molecular formula is C16H23NO3S. The second-order valence-corrected chi connectivity index (χ2v) is 6.84. The van der Waals surface area contributed by atoms with Gasteiger partial charge in [0.1, 0.15) is 0 Å². The molecule has 4 nitrogen and oxygen atoms in total. The normalized spacial score (nSPS) is 13.8. The van der Waals surface area contributed by atoms with Crippen molar-refractivity contribution in [2.75, 3.05) is 11.1 Å². The number of carbonyl (C=O) groups excluding carboxylic acids is 1. The molecule has 0 fully saturated rings. The molecule has 1 aromatic rings. The molecule has 5 heteroatoms. The Labute approximate surface area is 130 Å². The van der Waals surface area contributed by atoms with Crippen LogP contribution < -0.4 is 5.32 Å². The lowest BCUT2D eigenvalue weighted by molar-refractivity contribution is -0.153. The minimum atomic E-state index is -1.06. The highest BCUT2D eigenvalue weighted by atomic mass is 32.2. The molecule has 0 aliphatic carbocycles. The minimum absolute atomic E-state index is 0.0366. The SMILES string of the molecule is CCSc1ccccc1NC(=O)CC(C)(C(=O)O)C(C)C. The van der Waals surface area contributed by atoms with Gasteiger partial charge in [0.25, 0.3) is 0 Å². The molecule has 0 heterocycles. The van der Waals surface area contributed by atoms with Crippen LogP contribution in [0.2, 0.25) is 0 Å². The average Bonchev–Trinajstić information content (AvgIpc) is 2.40. The van der Waals surface area contributed by atoms with Crippen LogP contribution in [0.3, 0.4) is 0 Å². The first-order valence-corrected chi connectivity index (χ1v) is 8.05. The number of carboxylic acid groups (broad SMARTS) is 1. The number of aliphatic carboxylic acids is 1. The molecule has 1 atom stereocenters. The smallest absolute Gasteiger partial charge is 0.310 e. The zero-order chi connectivity index (χ0) is 16.0. The summed E-state index contributed by atoms with van der Waals surface area (Å²) < 4.78 is 0. The zero-order valence-corrected chi connectivity index (χ0v) is 13.8. The number of amides is 1. The molecule has 1 amide bonds. The van der Waals surface area contributed by atoms with Gasteiger partial charge in [-0.05, 0) is 30.7 Å². The third-order valence-electron chi connectivity index (χ3n) is 3.75. The minimum Gasteiger partial charge on any atom is -0.481 e. The number of nitrogens with one attached hydrogen (secondary N) is 1. The zero-order valence-electron chi connectivity index (χ0n) is 13.0. The highest BCUT2D eigenvalue weighted by Crippen LogP contribution is 2.33. The van der Waals surface area contributed by atoms with Gasteiger partial charge < -0.3 is 10.4 Å². The number of anilines is 1. The van der Waals surface area contributed by atoms with E-state index in [0.29, 0.717) is 0 Å². The van der Waals surface area contributed by atoms with E-state index in [4.69, 9.17) is 0 Å². The monoisotopic (exact) mass is 309 g/mol. The molecule has 0 bridgehead atoms. The van der Waals surface area contributed by atoms with Gasteiger partial charge in [0.05, 0.1) is 11.1 Å². The van der Waals surface area contributed by atoms with Crippen molar-refractivity contribution >= 4 is 29.3 Å². The van der Waals surface area contributed by atoms with Crippen molar-refractivity contribution in [2.45, 2.75) is 39.0 Å². The lowest BCUT2D eigenvalue weighted by Crippen LogP contribution is -2.37. The van der Waals surface area contributed by atoms with E-state index in [1.807, 2.05) is 45.0 Å². The van der Waals surface area contributed by atoms with E-state index in [-0.39, 0.29) is 18.2 Å². The van der Waals surface area contributed by atoms with Gasteiger partial charge in [0, 0.05) is 11.3 Å². The van der Waals surface area contributed by atoms with Crippen LogP contribution in [-0.2, 0) is 9.59 Å². The molecule has 0 radical (unpaired) electrons. The third kappa shape index (κ3) is 4.49. The number of hydrogen-bond acceptors (Lipinski definition) is 3. The number of rotatable bonds is 7. The van der Waals surface area contributed by atoms with Crippen molar-refractivity contribution < 1.29 is 14.7 Å². The quantitative estimate of drug-likeness (QED) is 0.750. The van der Waals surface area contributed by atoms with Crippen LogP contribution in [-0.4, -0.2) is 22.7 Å². The first-order valence-electron chi connectivity index (χ1n) is 7.06. The van der Waals surface area contributed by atoms with Crippen LogP contribution in [0.4, 0.5) is 5.69 Å². The lowest BCUT2D eigenvalue weighted by atomic mass is 9.76. The van der Waals surface area contributed by atoms with E-state index in [1.54, 1.807) is 18.7 Å². The Morgan fingerprint density at radius 3 is 2.48 bits per heavy atom. The number of thioether (sulfide) groups is 1. The highest BCUT2D eigenvalue weighted by Gasteiger charge is 2.38. The van der Waals surface area contributed by atoms with Crippen molar-refractivity contribution in [3.05, 3.63) is 24.3 Å². The number of carbonyl (C=O) groups is 2. The van der Waals surface area contributed by atoms with Crippen LogP contribution in [0.15, 0.2) is 29.2 Å². The largest absolute Gasteiger partial charge is 0.481 e. The van der Waals surface area contributed by atoms with Crippen molar-refractivity contribution in [1.29, 1.82) is 0 Å². The van der Waals surface area contributed by atoms with Crippen LogP contribution in [0.1, 0.15) is 34.1 Å². The van der Waals surface area contributed by atoms with E-state index in [0.717, 1.165) is 16.3 Å². The molecule has 1 aromatic carbocycles. The summed E-state index contributed by atoms with van der Waals surface area (Å²) in [5.41, 5.74) is -0.317. The van der Waals surface area contributed by atoms with Crippen LogP contribution in [0.25, 0.3) is 0 Å². The fraction of sp³-hybridized carbons (Fsp3) is 0.500. The highest BCUT2D eigenvalue weighted by molar-refractivity contribution is 7.99. The topological polar surface area (TPSA) is 66.4 Å². The fourth-order valence-corrected chi connectivity index (χ4v) is 2.67. The summed E-state index contributed by atoms with van der Waals surface area (Å²) in [7, 11) is 0. The van der Waals surface area contributed by atoms with Gasteiger partial charge in [0.15, 0.2) is 0 Å². The molecule has 0 aliphatic heterocycles. The Balaban J connectivity index is 2.85. The molecular weight excluding hydrogens is 286 g/mol. The first-order chi connectivity index (χ1) is 9.81. The Kier molecular flexibility index (Phi) is 6.27. The van der Waals surface area contributed by atoms with Crippen LogP contribution >= 0.6 is 11.8 Å². The Hall–Kier alpha value is -1.49. The molecule has 0 aliphatic rings. The molecule has 1 rings (SSSR count). The standard InChI is InChI=1S/C16H23NO3S/c1-5-21-13-9-7-6-8-12(13)17-14(18)10-16(4,11(2)3)15(19)20/h6-9,11H,5,10H2,1-4H3,(H,17,18)(H,19,20). The van der Waals surface area contributed by atoms with Gasteiger partial charge >= 0.3 is 5.97 Å². The molecule has 1 unspecified atom stereocenters. The van der Waals surface area contributed by atoms with Gasteiger partial charge in [-0.15, -0.1) is 11.8 Å². The van der Waals surface area contributed by atoms with Crippen molar-refractivity contribution in [1.82, 2.24) is 0 Å². The summed E-state index contributed by atoms with van der Waals surface area (Å²) in [6.45, 7) is 7.31. The lowest BCUT2D eigenvalue weighted by Gasteiger charge is -2.28. The second-order valence-electron chi connectivity index (χ2n) is 5.53. The van der Waals surface area contributed by atoms with Crippen molar-refractivity contribution in [3.8, 4) is 0 Å². The van der Waals surface area contributed by atoms with Gasteiger partial charge in [0.2, 0.25) is 5.91 Å². The number of para-hydroxylation sites is 1. The van der Waals surface area contributed by atoms with E-state index >= 15 is 0 Å². The predicted octanol–water partition coefficient (Wildman–Crippen LogP) is 3.87. The van der Waals surface area contributed by atoms with Gasteiger partial charge in [-0.1, -0.05) is 32.9 Å². The molecule has 0 saturated carbocycles. The average molecular weight is 309 g/mol. The van der Waals surface area contributed by atoms with E-state index < -0.39 is 11.4 Å². The summed E-state index contributed by atoms with van der Waals surface area (Å²) in [5, 5.41) is 12.2. The number of hydrogen-bond donors (Lipinski definition) is 2. The summed E-state index contributed by atoms with van der Waals surface area (Å²) in [6, 6.07) is 7.56. The van der Waals surface area contributed by atoms with Gasteiger partial charge in [-0.2, -0.15) is 0 Å². The Morgan fingerprint density at radius 1 is 1.33 bits per heavy atom. The molecule has 0 saturated heterocycles. The first kappa shape index (κ1) is 17.6. The molecule has 2 N–H and O–H groups in total.